The molecule has 1 aromatic rings. The summed E-state index contributed by atoms with van der Waals surface area (Å²) >= 11 is 0. The minimum atomic E-state index is 0.00144. The molecular weight excluding hydrogens is 180 g/mol. The number of aromatic nitrogens is 2. The maximum atomic E-state index is 11.2. The summed E-state index contributed by atoms with van der Waals surface area (Å²) in [6.07, 6.45) is 2.71. The standard InChI is InChI=1S/C9H12N4O/c10-9-12-4-2-7(13-9)8-5-6(14)1-3-11-8/h2,4,8,11H,1,3,5H2,(H2,10,12,13). The van der Waals surface area contributed by atoms with Crippen LogP contribution >= 0.6 is 0 Å². The first-order valence-electron chi connectivity index (χ1n) is 4.59. The van der Waals surface area contributed by atoms with Crippen molar-refractivity contribution in [2.45, 2.75) is 18.9 Å². The van der Waals surface area contributed by atoms with Crippen LogP contribution in [-0.4, -0.2) is 22.3 Å². The number of anilines is 1. The van der Waals surface area contributed by atoms with Gasteiger partial charge in [-0.25, -0.2) is 9.97 Å². The van der Waals surface area contributed by atoms with Crippen molar-refractivity contribution in [3.8, 4) is 0 Å². The molecule has 1 unspecified atom stereocenters. The van der Waals surface area contributed by atoms with Crippen LogP contribution in [-0.2, 0) is 4.79 Å². The first kappa shape index (κ1) is 9.08. The third kappa shape index (κ3) is 1.88. The monoisotopic (exact) mass is 192 g/mol. The summed E-state index contributed by atoms with van der Waals surface area (Å²) in [7, 11) is 0. The highest BCUT2D eigenvalue weighted by Crippen LogP contribution is 2.18. The van der Waals surface area contributed by atoms with Gasteiger partial charge in [0.1, 0.15) is 5.78 Å². The predicted molar refractivity (Wildman–Crippen MR) is 51.4 cm³/mol. The summed E-state index contributed by atoms with van der Waals surface area (Å²) in [5, 5.41) is 3.23. The summed E-state index contributed by atoms with van der Waals surface area (Å²) < 4.78 is 0. The van der Waals surface area contributed by atoms with Crippen LogP contribution in [0.2, 0.25) is 0 Å². The van der Waals surface area contributed by atoms with Gasteiger partial charge in [0.15, 0.2) is 0 Å². The largest absolute Gasteiger partial charge is 0.368 e. The lowest BCUT2D eigenvalue weighted by Gasteiger charge is -2.21. The molecule has 74 valence electrons. The molecule has 2 heterocycles. The molecule has 0 aromatic carbocycles. The number of carbonyl (C=O) groups excluding carboxylic acids is 1. The smallest absolute Gasteiger partial charge is 0.220 e. The summed E-state index contributed by atoms with van der Waals surface area (Å²) in [6, 6.07) is 1.79. The van der Waals surface area contributed by atoms with Crippen molar-refractivity contribution in [1.82, 2.24) is 15.3 Å². The molecule has 1 atom stereocenters. The fourth-order valence-corrected chi connectivity index (χ4v) is 1.58. The zero-order valence-corrected chi connectivity index (χ0v) is 7.73. The third-order valence-electron chi connectivity index (χ3n) is 2.28. The molecule has 14 heavy (non-hydrogen) atoms. The van der Waals surface area contributed by atoms with Gasteiger partial charge in [0.25, 0.3) is 0 Å². The number of nitrogens with zero attached hydrogens (tertiary/aromatic N) is 2. The third-order valence-corrected chi connectivity index (χ3v) is 2.28. The fraction of sp³-hybridized carbons (Fsp3) is 0.444. The molecule has 0 aliphatic carbocycles. The molecule has 0 radical (unpaired) electrons. The number of nitrogens with one attached hydrogen (secondary N) is 1. The summed E-state index contributed by atoms with van der Waals surface area (Å²) in [5.41, 5.74) is 6.26. The molecular formula is C9H12N4O. The first-order chi connectivity index (χ1) is 6.75. The average molecular weight is 192 g/mol. The maximum absolute atomic E-state index is 11.2. The van der Waals surface area contributed by atoms with Gasteiger partial charge in [-0.3, -0.25) is 4.79 Å². The van der Waals surface area contributed by atoms with Gasteiger partial charge in [-0.1, -0.05) is 0 Å². The van der Waals surface area contributed by atoms with E-state index in [0.29, 0.717) is 19.4 Å². The number of ketones is 1. The SMILES string of the molecule is Nc1nccc(C2CC(=O)CCN2)n1. The van der Waals surface area contributed by atoms with Crippen molar-refractivity contribution in [2.75, 3.05) is 12.3 Å². The number of nitrogen functional groups attached to an aromatic ring is 1. The Morgan fingerprint density at radius 1 is 1.57 bits per heavy atom. The zero-order chi connectivity index (χ0) is 9.97. The van der Waals surface area contributed by atoms with Gasteiger partial charge < -0.3 is 11.1 Å². The number of rotatable bonds is 1. The Balaban J connectivity index is 2.17. The van der Waals surface area contributed by atoms with Crippen LogP contribution < -0.4 is 11.1 Å². The van der Waals surface area contributed by atoms with Crippen LogP contribution in [0.15, 0.2) is 12.3 Å². The van der Waals surface area contributed by atoms with Crippen molar-refractivity contribution in [1.29, 1.82) is 0 Å². The first-order valence-corrected chi connectivity index (χ1v) is 4.59. The van der Waals surface area contributed by atoms with E-state index in [0.717, 1.165) is 5.69 Å². The molecule has 5 heteroatoms. The van der Waals surface area contributed by atoms with Crippen molar-refractivity contribution >= 4 is 11.7 Å². The number of Topliss-reactive ketones (excluding diaryl/α,β-unsaturated/α-hetero) is 1. The van der Waals surface area contributed by atoms with E-state index in [4.69, 9.17) is 5.73 Å². The molecule has 1 aliphatic heterocycles. The number of hydrogen-bond donors (Lipinski definition) is 2. The van der Waals surface area contributed by atoms with Crippen LogP contribution in [0.5, 0.6) is 0 Å². The van der Waals surface area contributed by atoms with Gasteiger partial charge in [0, 0.05) is 25.6 Å². The predicted octanol–water partition coefficient (Wildman–Crippen LogP) is 0.0524. The Labute approximate surface area is 81.7 Å². The molecule has 0 saturated carbocycles. The van der Waals surface area contributed by atoms with E-state index in [2.05, 4.69) is 15.3 Å². The van der Waals surface area contributed by atoms with Crippen molar-refractivity contribution in [2.24, 2.45) is 0 Å². The average Bonchev–Trinajstić information content (AvgIpc) is 2.18. The highest BCUT2D eigenvalue weighted by Gasteiger charge is 2.21. The number of piperidine rings is 1. The van der Waals surface area contributed by atoms with E-state index < -0.39 is 0 Å². The Kier molecular flexibility index (Phi) is 2.41. The number of nitrogens with two attached hydrogens (primary N) is 1. The molecule has 1 fully saturated rings. The van der Waals surface area contributed by atoms with Crippen LogP contribution in [0.1, 0.15) is 24.6 Å². The minimum Gasteiger partial charge on any atom is -0.368 e. The van der Waals surface area contributed by atoms with Crippen LogP contribution in [0.25, 0.3) is 0 Å². The molecule has 3 N–H and O–H groups in total. The second-order valence-corrected chi connectivity index (χ2v) is 3.34. The second-order valence-electron chi connectivity index (χ2n) is 3.34. The topological polar surface area (TPSA) is 80.9 Å². The fourth-order valence-electron chi connectivity index (χ4n) is 1.58. The Morgan fingerprint density at radius 3 is 3.14 bits per heavy atom. The lowest BCUT2D eigenvalue weighted by molar-refractivity contribution is -0.120. The number of carbonyl (C=O) groups is 1. The van der Waals surface area contributed by atoms with Crippen LogP contribution in [0.4, 0.5) is 5.95 Å². The Hall–Kier alpha value is -1.49. The van der Waals surface area contributed by atoms with E-state index in [9.17, 15) is 4.79 Å². The van der Waals surface area contributed by atoms with Crippen LogP contribution in [0, 0.1) is 0 Å². The zero-order valence-electron chi connectivity index (χ0n) is 7.73. The molecule has 0 amide bonds. The van der Waals surface area contributed by atoms with E-state index in [1.54, 1.807) is 12.3 Å². The van der Waals surface area contributed by atoms with Gasteiger partial charge in [0.2, 0.25) is 5.95 Å². The normalized spacial score (nSPS) is 22.3. The molecule has 0 spiro atoms. The van der Waals surface area contributed by atoms with Gasteiger partial charge in [-0.05, 0) is 6.07 Å². The van der Waals surface area contributed by atoms with Crippen molar-refractivity contribution in [3.05, 3.63) is 18.0 Å². The molecule has 1 saturated heterocycles. The van der Waals surface area contributed by atoms with Gasteiger partial charge in [-0.15, -0.1) is 0 Å². The van der Waals surface area contributed by atoms with Crippen LogP contribution in [0.3, 0.4) is 0 Å². The van der Waals surface area contributed by atoms with Gasteiger partial charge in [-0.2, -0.15) is 0 Å². The van der Waals surface area contributed by atoms with Gasteiger partial charge in [0.05, 0.1) is 11.7 Å². The lowest BCUT2D eigenvalue weighted by Crippen LogP contribution is -2.32. The Morgan fingerprint density at radius 2 is 2.43 bits per heavy atom. The minimum absolute atomic E-state index is 0.00144. The number of hydrogen-bond acceptors (Lipinski definition) is 5. The quantitative estimate of drug-likeness (QED) is 0.657. The van der Waals surface area contributed by atoms with E-state index >= 15 is 0 Å². The van der Waals surface area contributed by atoms with E-state index in [-0.39, 0.29) is 17.8 Å². The summed E-state index contributed by atoms with van der Waals surface area (Å²) in [4.78, 5) is 19.1. The molecule has 0 bridgehead atoms. The van der Waals surface area contributed by atoms with E-state index in [1.165, 1.54) is 0 Å². The summed E-state index contributed by atoms with van der Waals surface area (Å²) in [6.45, 7) is 0.716. The maximum Gasteiger partial charge on any atom is 0.220 e. The van der Waals surface area contributed by atoms with Gasteiger partial charge >= 0.3 is 0 Å². The molecule has 1 aliphatic rings. The lowest BCUT2D eigenvalue weighted by atomic mass is 10.0. The van der Waals surface area contributed by atoms with Crippen molar-refractivity contribution in [3.63, 3.8) is 0 Å². The molecule has 2 rings (SSSR count). The second kappa shape index (κ2) is 3.71. The summed E-state index contributed by atoms with van der Waals surface area (Å²) in [5.74, 6) is 0.522. The molecule has 1 aromatic heterocycles. The molecule has 5 nitrogen and oxygen atoms in total. The van der Waals surface area contributed by atoms with Crippen molar-refractivity contribution < 1.29 is 4.79 Å². The van der Waals surface area contributed by atoms with E-state index in [1.807, 2.05) is 0 Å². The highest BCUT2D eigenvalue weighted by molar-refractivity contribution is 5.80. The highest BCUT2D eigenvalue weighted by atomic mass is 16.1. The Bertz CT molecular complexity index is 352.